The van der Waals surface area contributed by atoms with Crippen molar-refractivity contribution in [2.24, 2.45) is 35.5 Å². The summed E-state index contributed by atoms with van der Waals surface area (Å²) in [6, 6.07) is 0.651. The van der Waals surface area contributed by atoms with Crippen molar-refractivity contribution in [2.45, 2.75) is 74.4 Å². The number of piperidine rings is 1. The summed E-state index contributed by atoms with van der Waals surface area (Å²) in [5.74, 6) is 3.28. The smallest absolute Gasteiger partial charge is 0.226 e. The highest BCUT2D eigenvalue weighted by Crippen LogP contribution is 2.45. The fourth-order valence-electron chi connectivity index (χ4n) is 4.60. The molecule has 4 unspecified atom stereocenters. The molecule has 2 nitrogen and oxygen atoms in total. The summed E-state index contributed by atoms with van der Waals surface area (Å²) in [6.07, 6.45) is 0. The van der Waals surface area contributed by atoms with E-state index in [0.29, 0.717) is 47.6 Å². The molecule has 2 heteroatoms. The molecular weight excluding hydrogens is 246 g/mol. The van der Waals surface area contributed by atoms with Crippen LogP contribution in [0.5, 0.6) is 0 Å². The van der Waals surface area contributed by atoms with Crippen molar-refractivity contribution >= 4 is 5.91 Å². The highest BCUT2D eigenvalue weighted by molar-refractivity contribution is 5.81. The van der Waals surface area contributed by atoms with E-state index in [1.54, 1.807) is 0 Å². The number of carbonyl (C=O) groups is 1. The third-order valence-electron chi connectivity index (χ3n) is 5.21. The van der Waals surface area contributed by atoms with Gasteiger partial charge in [0.15, 0.2) is 0 Å². The van der Waals surface area contributed by atoms with E-state index in [-0.39, 0.29) is 5.92 Å². The molecule has 0 bridgehead atoms. The van der Waals surface area contributed by atoms with Gasteiger partial charge in [0.05, 0.1) is 0 Å². The second-order valence-corrected chi connectivity index (χ2v) is 7.99. The van der Waals surface area contributed by atoms with Crippen LogP contribution < -0.4 is 0 Å². The molecule has 0 aromatic rings. The molecule has 1 fully saturated rings. The molecule has 4 atom stereocenters. The van der Waals surface area contributed by atoms with Crippen molar-refractivity contribution in [1.29, 1.82) is 0 Å². The highest BCUT2D eigenvalue weighted by atomic mass is 16.2. The van der Waals surface area contributed by atoms with Gasteiger partial charge >= 0.3 is 0 Å². The van der Waals surface area contributed by atoms with E-state index >= 15 is 0 Å². The third-order valence-corrected chi connectivity index (χ3v) is 5.21. The minimum Gasteiger partial charge on any atom is -0.337 e. The number of amides is 1. The van der Waals surface area contributed by atoms with E-state index in [1.807, 2.05) is 0 Å². The molecule has 1 aliphatic heterocycles. The van der Waals surface area contributed by atoms with Gasteiger partial charge in [0.25, 0.3) is 0 Å². The van der Waals surface area contributed by atoms with E-state index in [1.165, 1.54) is 0 Å². The summed E-state index contributed by atoms with van der Waals surface area (Å²) in [5.41, 5.74) is 0. The fraction of sp³-hybridized carbons (Fsp3) is 0.944. The second-order valence-electron chi connectivity index (χ2n) is 7.99. The Kier molecular flexibility index (Phi) is 5.69. The maximum atomic E-state index is 13.0. The van der Waals surface area contributed by atoms with Crippen LogP contribution in [0.3, 0.4) is 0 Å². The monoisotopic (exact) mass is 281 g/mol. The van der Waals surface area contributed by atoms with Crippen molar-refractivity contribution in [3.8, 4) is 0 Å². The zero-order chi connectivity index (χ0) is 15.8. The molecule has 1 heterocycles. The van der Waals surface area contributed by atoms with E-state index < -0.39 is 0 Å². The molecule has 1 rings (SSSR count). The predicted molar refractivity (Wildman–Crippen MR) is 86.4 cm³/mol. The molecule has 118 valence electrons. The molecule has 20 heavy (non-hydrogen) atoms. The quantitative estimate of drug-likeness (QED) is 0.746. The van der Waals surface area contributed by atoms with Gasteiger partial charge in [-0.15, -0.1) is 0 Å². The maximum Gasteiger partial charge on any atom is 0.226 e. The lowest BCUT2D eigenvalue weighted by Crippen LogP contribution is -2.61. The van der Waals surface area contributed by atoms with Crippen molar-refractivity contribution in [2.75, 3.05) is 0 Å². The molecule has 1 aliphatic rings. The second kappa shape index (κ2) is 6.49. The van der Waals surface area contributed by atoms with Crippen LogP contribution in [0.25, 0.3) is 0 Å². The van der Waals surface area contributed by atoms with Gasteiger partial charge in [-0.1, -0.05) is 41.5 Å². The Morgan fingerprint density at radius 1 is 0.800 bits per heavy atom. The lowest BCUT2D eigenvalue weighted by Gasteiger charge is -2.53. The van der Waals surface area contributed by atoms with E-state index in [9.17, 15) is 4.79 Å². The first kappa shape index (κ1) is 17.5. The lowest BCUT2D eigenvalue weighted by atomic mass is 9.61. The van der Waals surface area contributed by atoms with Gasteiger partial charge in [-0.05, 0) is 50.4 Å². The minimum atomic E-state index is 0.181. The van der Waals surface area contributed by atoms with Gasteiger partial charge in [-0.2, -0.15) is 0 Å². The Labute approximate surface area is 126 Å². The van der Waals surface area contributed by atoms with Gasteiger partial charge in [0, 0.05) is 18.0 Å². The van der Waals surface area contributed by atoms with Crippen molar-refractivity contribution in [1.82, 2.24) is 4.90 Å². The van der Waals surface area contributed by atoms with Gasteiger partial charge in [0.2, 0.25) is 5.91 Å². The highest BCUT2D eigenvalue weighted by Gasteiger charge is 2.49. The standard InChI is InChI=1S/C18H35NO/c1-10(2)15-14(9)19(13(7)8)18(20)17(12(5)6)16(15)11(3)4/h10-17H,1-9H3. The first-order valence-corrected chi connectivity index (χ1v) is 8.43. The van der Waals surface area contributed by atoms with E-state index in [2.05, 4.69) is 67.2 Å². The van der Waals surface area contributed by atoms with Crippen LogP contribution in [0.15, 0.2) is 0 Å². The molecule has 0 aromatic carbocycles. The summed E-state index contributed by atoms with van der Waals surface area (Å²) in [7, 11) is 0. The number of rotatable bonds is 4. The van der Waals surface area contributed by atoms with Gasteiger partial charge in [-0.3, -0.25) is 4.79 Å². The summed E-state index contributed by atoms with van der Waals surface area (Å²) >= 11 is 0. The number of carbonyl (C=O) groups excluding carboxylic acids is 1. The number of hydrogen-bond acceptors (Lipinski definition) is 1. The van der Waals surface area contributed by atoms with Gasteiger partial charge in [0.1, 0.15) is 0 Å². The largest absolute Gasteiger partial charge is 0.337 e. The summed E-state index contributed by atoms with van der Waals surface area (Å²) in [6.45, 7) is 20.2. The molecule has 0 aliphatic carbocycles. The Hall–Kier alpha value is -0.530. The molecular formula is C18H35NO. The Balaban J connectivity index is 3.30. The SMILES string of the molecule is CC(C)C1C(=O)N(C(C)C)C(C)C(C(C)C)C1C(C)C. The number of nitrogens with zero attached hydrogens (tertiary/aromatic N) is 1. The summed E-state index contributed by atoms with van der Waals surface area (Å²) in [4.78, 5) is 15.2. The normalized spacial score (nSPS) is 32.0. The van der Waals surface area contributed by atoms with Crippen LogP contribution in [0.2, 0.25) is 0 Å². The van der Waals surface area contributed by atoms with Crippen LogP contribution in [0.1, 0.15) is 62.3 Å². The lowest BCUT2D eigenvalue weighted by molar-refractivity contribution is -0.159. The van der Waals surface area contributed by atoms with Crippen LogP contribution in [-0.2, 0) is 4.79 Å². The first-order chi connectivity index (χ1) is 9.11. The zero-order valence-electron chi connectivity index (χ0n) is 15.0. The molecule has 0 N–H and O–H groups in total. The van der Waals surface area contributed by atoms with Crippen molar-refractivity contribution in [3.63, 3.8) is 0 Å². The van der Waals surface area contributed by atoms with Crippen LogP contribution in [0, 0.1) is 35.5 Å². The van der Waals surface area contributed by atoms with Crippen molar-refractivity contribution < 1.29 is 4.79 Å². The maximum absolute atomic E-state index is 13.0. The average molecular weight is 281 g/mol. The topological polar surface area (TPSA) is 20.3 Å². The Morgan fingerprint density at radius 3 is 1.55 bits per heavy atom. The molecule has 0 aromatic heterocycles. The van der Waals surface area contributed by atoms with Crippen LogP contribution in [0.4, 0.5) is 0 Å². The van der Waals surface area contributed by atoms with E-state index in [4.69, 9.17) is 0 Å². The summed E-state index contributed by atoms with van der Waals surface area (Å²) < 4.78 is 0. The number of hydrogen-bond donors (Lipinski definition) is 0. The molecule has 1 amide bonds. The van der Waals surface area contributed by atoms with Crippen molar-refractivity contribution in [3.05, 3.63) is 0 Å². The fourth-order valence-corrected chi connectivity index (χ4v) is 4.60. The molecule has 0 saturated carbocycles. The Morgan fingerprint density at radius 2 is 1.25 bits per heavy atom. The summed E-state index contributed by atoms with van der Waals surface area (Å²) in [5, 5.41) is 0. The minimum absolute atomic E-state index is 0.181. The van der Waals surface area contributed by atoms with E-state index in [0.717, 1.165) is 0 Å². The Bertz CT molecular complexity index is 332. The van der Waals surface area contributed by atoms with Gasteiger partial charge in [-0.25, -0.2) is 0 Å². The average Bonchev–Trinajstić information content (AvgIpc) is 2.25. The van der Waals surface area contributed by atoms with Gasteiger partial charge < -0.3 is 4.90 Å². The molecule has 1 saturated heterocycles. The molecule has 0 radical (unpaired) electrons. The van der Waals surface area contributed by atoms with Crippen LogP contribution in [-0.4, -0.2) is 22.9 Å². The third kappa shape index (κ3) is 3.04. The predicted octanol–water partition coefficient (Wildman–Crippen LogP) is 4.44. The zero-order valence-corrected chi connectivity index (χ0v) is 15.0. The first-order valence-electron chi connectivity index (χ1n) is 8.43. The molecule has 0 spiro atoms. The van der Waals surface area contributed by atoms with Crippen LogP contribution >= 0.6 is 0 Å². The number of likely N-dealkylation sites (tertiary alicyclic amines) is 1.